The van der Waals surface area contributed by atoms with E-state index in [1.165, 1.54) is 6.20 Å². The Labute approximate surface area is 117 Å². The number of nitrogens with zero attached hydrogens (tertiary/aromatic N) is 1. The Balaban J connectivity index is 0.000000720. The monoisotopic (exact) mass is 208 g/mol. The van der Waals surface area contributed by atoms with E-state index in [-0.39, 0.29) is 57.1 Å². The topological polar surface area (TPSA) is 48.9 Å². The predicted octanol–water partition coefficient (Wildman–Crippen LogP) is 1.27. The maximum absolute atomic E-state index is 9.18. The number of aromatic hydroxyl groups is 1. The molecule has 0 saturated heterocycles. The molecule has 0 spiro atoms. The summed E-state index contributed by atoms with van der Waals surface area (Å²) in [5.41, 5.74) is 1.18. The van der Waals surface area contributed by atoms with Crippen LogP contribution in [-0.4, -0.2) is 66.5 Å². The van der Waals surface area contributed by atoms with E-state index in [0.717, 1.165) is 0 Å². The molecule has 0 aliphatic rings. The molecule has 2 aromatic heterocycles. The Morgan fingerprint density at radius 3 is 2.92 bits per heavy atom. The van der Waals surface area contributed by atoms with Crippen LogP contribution in [0.1, 0.15) is 0 Å². The van der Waals surface area contributed by atoms with Crippen molar-refractivity contribution in [2.75, 3.05) is 0 Å². The molecule has 5 heteroatoms. The number of aromatic amines is 1. The first-order chi connectivity index (χ1) is 5.29. The molecule has 12 heavy (non-hydrogen) atoms. The van der Waals surface area contributed by atoms with Gasteiger partial charge in [0.2, 0.25) is 0 Å². The minimum absolute atomic E-state index is 0. The first kappa shape index (κ1) is 10.5. The Morgan fingerprint density at radius 1 is 1.50 bits per heavy atom. The van der Waals surface area contributed by atoms with Crippen LogP contribution in [0.3, 0.4) is 0 Å². The number of aromatic nitrogens is 2. The number of nitrogens with one attached hydrogen (secondary N) is 1. The zero-order valence-electron chi connectivity index (χ0n) is 5.50. The van der Waals surface area contributed by atoms with Gasteiger partial charge in [0.1, 0.15) is 5.52 Å². The van der Waals surface area contributed by atoms with Gasteiger partial charge in [-0.25, -0.2) is 0 Å². The second-order valence-electron chi connectivity index (χ2n) is 2.19. The molecule has 2 aromatic rings. The van der Waals surface area contributed by atoms with Gasteiger partial charge in [-0.05, 0) is 6.07 Å². The number of H-pyrrole nitrogens is 1. The molecule has 58 valence electrons. The molecule has 0 aromatic carbocycles. The molecule has 0 aliphatic heterocycles. The molecule has 0 unspecified atom stereocenters. The van der Waals surface area contributed by atoms with E-state index < -0.39 is 0 Å². The summed E-state index contributed by atoms with van der Waals surface area (Å²) in [5.74, 6) is 0.127. The first-order valence-electron chi connectivity index (χ1n) is 3.09. The predicted molar refractivity (Wildman–Crippen MR) is 49.9 cm³/mol. The van der Waals surface area contributed by atoms with Crippen molar-refractivity contribution >= 4 is 74.0 Å². The summed E-state index contributed by atoms with van der Waals surface area (Å²) in [6, 6.07) is 1.67. The summed E-state index contributed by atoms with van der Waals surface area (Å²) >= 11 is 5.79. The molecule has 2 rings (SSSR count). The molecule has 0 atom stereocenters. The van der Waals surface area contributed by atoms with Crippen LogP contribution in [0.15, 0.2) is 18.5 Å². The van der Waals surface area contributed by atoms with Crippen molar-refractivity contribution in [2.45, 2.75) is 0 Å². The molecular formula is C7H6ClKN2O. The van der Waals surface area contributed by atoms with Crippen LogP contribution < -0.4 is 0 Å². The van der Waals surface area contributed by atoms with Gasteiger partial charge in [-0.3, -0.25) is 4.98 Å². The molecule has 0 saturated carbocycles. The average molecular weight is 209 g/mol. The molecule has 0 amide bonds. The third-order valence-electron chi connectivity index (χ3n) is 1.50. The maximum atomic E-state index is 9.18. The van der Waals surface area contributed by atoms with Crippen molar-refractivity contribution < 1.29 is 5.11 Å². The minimum atomic E-state index is 0. The van der Waals surface area contributed by atoms with Crippen LogP contribution in [0.4, 0.5) is 0 Å². The number of pyridine rings is 1. The molecule has 0 fully saturated rings. The fraction of sp³-hybridized carbons (Fsp3) is 0. The van der Waals surface area contributed by atoms with Gasteiger partial charge in [0.15, 0.2) is 5.75 Å². The second-order valence-corrected chi connectivity index (χ2v) is 2.60. The van der Waals surface area contributed by atoms with Gasteiger partial charge in [0.05, 0.1) is 10.5 Å². The summed E-state index contributed by atoms with van der Waals surface area (Å²) in [6.07, 6.45) is 3.02. The van der Waals surface area contributed by atoms with Crippen molar-refractivity contribution in [3.8, 4) is 5.75 Å². The van der Waals surface area contributed by atoms with E-state index in [1.54, 1.807) is 12.3 Å². The summed E-state index contributed by atoms with van der Waals surface area (Å²) < 4.78 is 0. The molecule has 2 heterocycles. The van der Waals surface area contributed by atoms with Crippen LogP contribution in [0.5, 0.6) is 5.75 Å². The van der Waals surface area contributed by atoms with Crippen molar-refractivity contribution in [1.29, 1.82) is 0 Å². The van der Waals surface area contributed by atoms with Crippen molar-refractivity contribution in [1.82, 2.24) is 9.97 Å². The van der Waals surface area contributed by atoms with Crippen LogP contribution in [0.2, 0.25) is 5.02 Å². The number of hydrogen-bond acceptors (Lipinski definition) is 2. The van der Waals surface area contributed by atoms with Crippen LogP contribution in [0, 0.1) is 0 Å². The summed E-state index contributed by atoms with van der Waals surface area (Å²) in [5, 5.41) is 9.75. The van der Waals surface area contributed by atoms with E-state index >= 15 is 0 Å². The van der Waals surface area contributed by atoms with Crippen LogP contribution in [-0.2, 0) is 0 Å². The molecule has 3 nitrogen and oxygen atoms in total. The van der Waals surface area contributed by atoms with Crippen LogP contribution >= 0.6 is 11.6 Å². The number of rotatable bonds is 0. The zero-order chi connectivity index (χ0) is 7.84. The third kappa shape index (κ3) is 1.68. The first-order valence-corrected chi connectivity index (χ1v) is 3.47. The quantitative estimate of drug-likeness (QED) is 0.641. The Morgan fingerprint density at radius 2 is 2.25 bits per heavy atom. The van der Waals surface area contributed by atoms with E-state index in [1.807, 2.05) is 0 Å². The number of halogens is 1. The SMILES string of the molecule is Oc1c[nH]c2c(Cl)ccnc12.[KH]. The van der Waals surface area contributed by atoms with Gasteiger partial charge in [0.25, 0.3) is 0 Å². The van der Waals surface area contributed by atoms with Gasteiger partial charge in [0, 0.05) is 12.4 Å². The van der Waals surface area contributed by atoms with Crippen molar-refractivity contribution in [3.05, 3.63) is 23.5 Å². The van der Waals surface area contributed by atoms with E-state index in [2.05, 4.69) is 9.97 Å². The van der Waals surface area contributed by atoms with Crippen molar-refractivity contribution in [2.24, 2.45) is 0 Å². The fourth-order valence-corrected chi connectivity index (χ4v) is 1.18. The Bertz CT molecular complexity index is 401. The van der Waals surface area contributed by atoms with Crippen LogP contribution in [0.25, 0.3) is 11.0 Å². The summed E-state index contributed by atoms with van der Waals surface area (Å²) in [4.78, 5) is 6.75. The fourth-order valence-electron chi connectivity index (χ4n) is 0.979. The number of hydrogen-bond donors (Lipinski definition) is 2. The molecule has 0 bridgehead atoms. The van der Waals surface area contributed by atoms with Gasteiger partial charge in [-0.1, -0.05) is 11.6 Å². The van der Waals surface area contributed by atoms with Gasteiger partial charge in [-0.15, -0.1) is 0 Å². The summed E-state index contributed by atoms with van der Waals surface area (Å²) in [6.45, 7) is 0. The van der Waals surface area contributed by atoms with Gasteiger partial charge >= 0.3 is 51.4 Å². The van der Waals surface area contributed by atoms with E-state index in [4.69, 9.17) is 11.6 Å². The average Bonchev–Trinajstić information content (AvgIpc) is 2.35. The Hall–Kier alpha value is 0.416. The third-order valence-corrected chi connectivity index (χ3v) is 1.81. The zero-order valence-corrected chi connectivity index (χ0v) is 6.26. The second kappa shape index (κ2) is 4.08. The molecule has 0 radical (unpaired) electrons. The standard InChI is InChI=1S/C7H5ClN2O.K.H/c8-4-1-2-9-7-5(11)3-10-6(4)7;;/h1-3,10-11H;;. The van der Waals surface area contributed by atoms with E-state index in [9.17, 15) is 5.11 Å². The van der Waals surface area contributed by atoms with Gasteiger partial charge in [-0.2, -0.15) is 0 Å². The molecular weight excluding hydrogens is 203 g/mol. The number of fused-ring (bicyclic) bond motifs is 1. The molecule has 0 aliphatic carbocycles. The van der Waals surface area contributed by atoms with E-state index in [0.29, 0.717) is 16.1 Å². The Kier molecular flexibility index (Phi) is 3.57. The normalized spacial score (nSPS) is 9.75. The molecule has 2 N–H and O–H groups in total. The summed E-state index contributed by atoms with van der Waals surface area (Å²) in [7, 11) is 0. The van der Waals surface area contributed by atoms with Gasteiger partial charge < -0.3 is 10.1 Å². The van der Waals surface area contributed by atoms with Crippen molar-refractivity contribution in [3.63, 3.8) is 0 Å².